The third kappa shape index (κ3) is 6.10. The fourth-order valence-corrected chi connectivity index (χ4v) is 2.83. The van der Waals surface area contributed by atoms with E-state index in [9.17, 15) is 9.90 Å². The summed E-state index contributed by atoms with van der Waals surface area (Å²) in [7, 11) is 0. The third-order valence-corrected chi connectivity index (χ3v) is 4.08. The van der Waals surface area contributed by atoms with Gasteiger partial charge in [0.05, 0.1) is 0 Å². The summed E-state index contributed by atoms with van der Waals surface area (Å²) in [5, 5.41) is 8.90. The van der Waals surface area contributed by atoms with Crippen molar-refractivity contribution in [2.24, 2.45) is 5.92 Å². The minimum Gasteiger partial charge on any atom is -0.480 e. The Morgan fingerprint density at radius 1 is 1.28 bits per heavy atom. The molecule has 1 unspecified atom stereocenters. The number of aliphatic carboxylic acids is 1. The van der Waals surface area contributed by atoms with Crippen LogP contribution in [0, 0.1) is 5.92 Å². The van der Waals surface area contributed by atoms with E-state index in [-0.39, 0.29) is 5.25 Å². The molecule has 0 saturated heterocycles. The molecule has 0 aliphatic heterocycles. The van der Waals surface area contributed by atoms with Crippen LogP contribution in [0.1, 0.15) is 32.3 Å². The number of carboxylic acids is 1. The number of rotatable bonds is 8. The molecular formula is C15H22O2S. The van der Waals surface area contributed by atoms with Crippen LogP contribution in [0.5, 0.6) is 0 Å². The molecule has 0 aliphatic rings. The summed E-state index contributed by atoms with van der Waals surface area (Å²) in [6.45, 7) is 4.40. The molecule has 0 amide bonds. The topological polar surface area (TPSA) is 37.3 Å². The summed E-state index contributed by atoms with van der Waals surface area (Å²) in [5.74, 6) is 0.929. The van der Waals surface area contributed by atoms with E-state index >= 15 is 0 Å². The lowest BCUT2D eigenvalue weighted by atomic mass is 10.1. The van der Waals surface area contributed by atoms with Gasteiger partial charge in [-0.1, -0.05) is 50.6 Å². The molecule has 0 bridgehead atoms. The lowest BCUT2D eigenvalue weighted by Crippen LogP contribution is -2.19. The Balaban J connectivity index is 2.39. The normalized spacial score (nSPS) is 12.6. The predicted molar refractivity (Wildman–Crippen MR) is 78.1 cm³/mol. The van der Waals surface area contributed by atoms with E-state index in [4.69, 9.17) is 0 Å². The van der Waals surface area contributed by atoms with Crippen LogP contribution in [0.2, 0.25) is 0 Å². The van der Waals surface area contributed by atoms with Crippen LogP contribution in [0.4, 0.5) is 0 Å². The van der Waals surface area contributed by atoms with Crippen molar-refractivity contribution < 1.29 is 9.90 Å². The number of hydrogen-bond acceptors (Lipinski definition) is 2. The molecule has 0 aromatic heterocycles. The Kier molecular flexibility index (Phi) is 6.88. The van der Waals surface area contributed by atoms with Gasteiger partial charge in [0, 0.05) is 0 Å². The van der Waals surface area contributed by atoms with Crippen LogP contribution in [-0.2, 0) is 11.2 Å². The second-order valence-electron chi connectivity index (χ2n) is 4.92. The first-order chi connectivity index (χ1) is 8.59. The first-order valence-corrected chi connectivity index (χ1v) is 7.52. The molecule has 1 atom stereocenters. The van der Waals surface area contributed by atoms with E-state index in [0.717, 1.165) is 17.7 Å². The maximum Gasteiger partial charge on any atom is 0.316 e. The molecule has 0 aliphatic carbocycles. The Labute approximate surface area is 114 Å². The lowest BCUT2D eigenvalue weighted by molar-refractivity contribution is -0.136. The van der Waals surface area contributed by atoms with E-state index in [1.165, 1.54) is 6.42 Å². The highest BCUT2D eigenvalue weighted by atomic mass is 32.2. The zero-order chi connectivity index (χ0) is 13.4. The van der Waals surface area contributed by atoms with Crippen molar-refractivity contribution in [1.29, 1.82) is 0 Å². The lowest BCUT2D eigenvalue weighted by Gasteiger charge is -2.12. The molecule has 0 spiro atoms. The van der Waals surface area contributed by atoms with Crippen molar-refractivity contribution in [3.05, 3.63) is 35.9 Å². The maximum absolute atomic E-state index is 11.2. The zero-order valence-electron chi connectivity index (χ0n) is 11.1. The van der Waals surface area contributed by atoms with Gasteiger partial charge in [0.15, 0.2) is 0 Å². The molecule has 18 heavy (non-hydrogen) atoms. The number of benzene rings is 1. The highest BCUT2D eigenvalue weighted by Crippen LogP contribution is 2.19. The number of hydrogen-bond donors (Lipinski definition) is 1. The molecule has 1 rings (SSSR count). The van der Waals surface area contributed by atoms with Crippen LogP contribution >= 0.6 is 11.8 Å². The van der Waals surface area contributed by atoms with Crippen molar-refractivity contribution in [2.45, 2.75) is 38.4 Å². The second-order valence-corrected chi connectivity index (χ2v) is 6.23. The Hall–Kier alpha value is -0.960. The summed E-state index contributed by atoms with van der Waals surface area (Å²) in [6.07, 6.45) is 2.88. The highest BCUT2D eigenvalue weighted by molar-refractivity contribution is 8.00. The molecule has 1 aromatic carbocycles. The van der Waals surface area contributed by atoms with Gasteiger partial charge in [0.2, 0.25) is 0 Å². The quantitative estimate of drug-likeness (QED) is 0.726. The molecule has 0 saturated carbocycles. The minimum absolute atomic E-state index is 0.320. The molecule has 100 valence electrons. The molecule has 2 nitrogen and oxygen atoms in total. The molecular weight excluding hydrogens is 244 g/mol. The van der Waals surface area contributed by atoms with Gasteiger partial charge in [-0.25, -0.2) is 0 Å². The summed E-state index contributed by atoms with van der Waals surface area (Å²) >= 11 is 1.57. The monoisotopic (exact) mass is 266 g/mol. The Morgan fingerprint density at radius 2 is 1.94 bits per heavy atom. The van der Waals surface area contributed by atoms with Crippen molar-refractivity contribution in [1.82, 2.24) is 0 Å². The molecule has 0 radical (unpaired) electrons. The minimum atomic E-state index is -0.701. The largest absolute Gasteiger partial charge is 0.480 e. The van der Waals surface area contributed by atoms with E-state index in [0.29, 0.717) is 12.3 Å². The number of thioether (sulfide) groups is 1. The second kappa shape index (κ2) is 8.20. The van der Waals surface area contributed by atoms with Crippen LogP contribution in [0.3, 0.4) is 0 Å². The summed E-state index contributed by atoms with van der Waals surface area (Å²) in [4.78, 5) is 11.2. The van der Waals surface area contributed by atoms with Gasteiger partial charge in [-0.15, -0.1) is 11.8 Å². The highest BCUT2D eigenvalue weighted by Gasteiger charge is 2.18. The molecule has 1 aromatic rings. The van der Waals surface area contributed by atoms with Gasteiger partial charge < -0.3 is 5.11 Å². The van der Waals surface area contributed by atoms with E-state index in [1.54, 1.807) is 11.8 Å². The van der Waals surface area contributed by atoms with Gasteiger partial charge in [0.1, 0.15) is 5.25 Å². The molecule has 1 N–H and O–H groups in total. The Morgan fingerprint density at radius 3 is 2.50 bits per heavy atom. The van der Waals surface area contributed by atoms with Gasteiger partial charge in [-0.3, -0.25) is 4.79 Å². The van der Waals surface area contributed by atoms with Gasteiger partial charge >= 0.3 is 5.97 Å². The van der Waals surface area contributed by atoms with Crippen molar-refractivity contribution in [3.8, 4) is 0 Å². The summed E-state index contributed by atoms with van der Waals surface area (Å²) in [6, 6.07) is 9.85. The average molecular weight is 266 g/mol. The third-order valence-electron chi connectivity index (χ3n) is 2.78. The molecule has 0 heterocycles. The standard InChI is InChI=1S/C15H22O2S/c1-12(2)7-6-10-18-14(15(16)17)11-13-8-4-3-5-9-13/h3-5,8-9,12,14H,6-7,10-11H2,1-2H3,(H,16,17). The predicted octanol–water partition coefficient (Wildman–Crippen LogP) is 3.85. The van der Waals surface area contributed by atoms with Crippen LogP contribution in [0.15, 0.2) is 30.3 Å². The van der Waals surface area contributed by atoms with Gasteiger partial charge in [-0.05, 0) is 30.1 Å². The SMILES string of the molecule is CC(C)CCCSC(Cc1ccccc1)C(=O)O. The zero-order valence-corrected chi connectivity index (χ0v) is 12.0. The van der Waals surface area contributed by atoms with Crippen molar-refractivity contribution >= 4 is 17.7 Å². The fraction of sp³-hybridized carbons (Fsp3) is 0.533. The summed E-state index contributed by atoms with van der Waals surface area (Å²) < 4.78 is 0. The smallest absolute Gasteiger partial charge is 0.316 e. The Bertz CT molecular complexity index is 349. The summed E-state index contributed by atoms with van der Waals surface area (Å²) in [5.41, 5.74) is 1.10. The molecule has 3 heteroatoms. The van der Waals surface area contributed by atoms with Crippen molar-refractivity contribution in [3.63, 3.8) is 0 Å². The number of carboxylic acid groups (broad SMARTS) is 1. The van der Waals surface area contributed by atoms with Crippen molar-refractivity contribution in [2.75, 3.05) is 5.75 Å². The maximum atomic E-state index is 11.2. The van der Waals surface area contributed by atoms with Gasteiger partial charge in [0.25, 0.3) is 0 Å². The van der Waals surface area contributed by atoms with Gasteiger partial charge in [-0.2, -0.15) is 0 Å². The molecule has 0 fully saturated rings. The van der Waals surface area contributed by atoms with Crippen LogP contribution in [0.25, 0.3) is 0 Å². The first kappa shape index (κ1) is 15.1. The average Bonchev–Trinajstić information content (AvgIpc) is 2.33. The van der Waals surface area contributed by atoms with E-state index in [1.807, 2.05) is 30.3 Å². The number of carbonyl (C=O) groups is 1. The van der Waals surface area contributed by atoms with Crippen LogP contribution in [-0.4, -0.2) is 22.1 Å². The van der Waals surface area contributed by atoms with E-state index < -0.39 is 5.97 Å². The van der Waals surface area contributed by atoms with Crippen LogP contribution < -0.4 is 0 Å². The first-order valence-electron chi connectivity index (χ1n) is 6.48. The van der Waals surface area contributed by atoms with E-state index in [2.05, 4.69) is 13.8 Å². The fourth-order valence-electron chi connectivity index (χ4n) is 1.76.